The molecule has 0 aliphatic carbocycles. The van der Waals surface area contributed by atoms with Gasteiger partial charge in [-0.05, 0) is 36.7 Å². The largest absolute Gasteiger partial charge is 0.481 e. The fourth-order valence-corrected chi connectivity index (χ4v) is 3.53. The molecule has 0 aromatic rings. The van der Waals surface area contributed by atoms with E-state index in [9.17, 15) is 35.9 Å². The summed E-state index contributed by atoms with van der Waals surface area (Å²) in [5, 5.41) is 15.6. The van der Waals surface area contributed by atoms with Crippen LogP contribution in [0.1, 0.15) is 51.4 Å². The third-order valence-corrected chi connectivity index (χ3v) is 5.41. The fourth-order valence-electron chi connectivity index (χ4n) is 2.60. The number of carbonyl (C=O) groups excluding carboxylic acids is 1. The van der Waals surface area contributed by atoms with Crippen molar-refractivity contribution in [2.75, 3.05) is 17.3 Å². The molecule has 0 saturated carbocycles. The van der Waals surface area contributed by atoms with E-state index in [0.717, 1.165) is 0 Å². The molecular formula is C18H26Br2F6N6O4. The summed E-state index contributed by atoms with van der Waals surface area (Å²) in [7, 11) is 0. The second-order valence-corrected chi connectivity index (χ2v) is 8.72. The van der Waals surface area contributed by atoms with Crippen molar-refractivity contribution in [1.82, 2.24) is 0 Å². The van der Waals surface area contributed by atoms with E-state index in [2.05, 4.69) is 51.9 Å². The van der Waals surface area contributed by atoms with Crippen LogP contribution < -0.4 is 0 Å². The zero-order chi connectivity index (χ0) is 28.2. The molecule has 0 bridgehead atoms. The van der Waals surface area contributed by atoms with E-state index in [4.69, 9.17) is 20.9 Å². The molecule has 0 saturated heterocycles. The number of carbonyl (C=O) groups is 2. The normalized spacial score (nSPS) is 13.7. The first-order valence-corrected chi connectivity index (χ1v) is 12.7. The fraction of sp³-hybridized carbons (Fsp3) is 0.889. The lowest BCUT2D eigenvalue weighted by atomic mass is 10.0. The quantitative estimate of drug-likeness (QED) is 0.0342. The van der Waals surface area contributed by atoms with Crippen molar-refractivity contribution in [3.05, 3.63) is 20.9 Å². The highest BCUT2D eigenvalue weighted by Gasteiger charge is 2.32. The van der Waals surface area contributed by atoms with E-state index >= 15 is 0 Å². The van der Waals surface area contributed by atoms with Gasteiger partial charge in [-0.25, -0.2) is 0 Å². The Kier molecular flexibility index (Phi) is 20.3. The summed E-state index contributed by atoms with van der Waals surface area (Å²) in [4.78, 5) is 26.3. The minimum absolute atomic E-state index is 0.0281. The highest BCUT2D eigenvalue weighted by molar-refractivity contribution is 9.09. The second-order valence-electron chi connectivity index (χ2n) is 7.28. The van der Waals surface area contributed by atoms with Crippen molar-refractivity contribution in [2.45, 2.75) is 75.8 Å². The SMILES string of the molecule is [N-]=[N+]=NC(CCCC(CBr)C(=O)O)CC(F)(F)F.[N-]=[N+]=NC(CCCOC(=O)CCBr)CC(F)(F)F. The van der Waals surface area contributed by atoms with Crippen LogP contribution in [-0.2, 0) is 14.3 Å². The van der Waals surface area contributed by atoms with Gasteiger partial charge in [-0.3, -0.25) is 9.59 Å². The number of carboxylic acids is 1. The molecule has 0 heterocycles. The number of rotatable bonds is 16. The molecule has 0 rings (SSSR count). The topological polar surface area (TPSA) is 161 Å². The molecule has 0 aromatic carbocycles. The van der Waals surface area contributed by atoms with Crippen LogP contribution in [-0.4, -0.2) is 58.7 Å². The minimum Gasteiger partial charge on any atom is -0.481 e. The molecule has 36 heavy (non-hydrogen) atoms. The number of esters is 1. The van der Waals surface area contributed by atoms with Crippen molar-refractivity contribution in [3.63, 3.8) is 0 Å². The van der Waals surface area contributed by atoms with E-state index in [1.54, 1.807) is 0 Å². The number of carboxylic acid groups (broad SMARTS) is 1. The molecule has 0 aromatic heterocycles. The summed E-state index contributed by atoms with van der Waals surface area (Å²) < 4.78 is 77.4. The van der Waals surface area contributed by atoms with Crippen molar-refractivity contribution in [1.29, 1.82) is 0 Å². The first-order valence-electron chi connectivity index (χ1n) is 10.4. The molecule has 0 fully saturated rings. The van der Waals surface area contributed by atoms with Gasteiger partial charge in [-0.1, -0.05) is 48.5 Å². The molecule has 10 nitrogen and oxygen atoms in total. The average molecular weight is 664 g/mol. The molecule has 1 N–H and O–H groups in total. The van der Waals surface area contributed by atoms with Crippen LogP contribution in [0.4, 0.5) is 26.3 Å². The number of nitrogens with zero attached hydrogens (tertiary/aromatic N) is 6. The third kappa shape index (κ3) is 23.8. The van der Waals surface area contributed by atoms with Crippen molar-refractivity contribution >= 4 is 43.8 Å². The summed E-state index contributed by atoms with van der Waals surface area (Å²) in [6, 6.07) is -2.32. The van der Waals surface area contributed by atoms with Crippen molar-refractivity contribution in [3.8, 4) is 0 Å². The zero-order valence-corrected chi connectivity index (χ0v) is 22.1. The smallest absolute Gasteiger partial charge is 0.389 e. The summed E-state index contributed by atoms with van der Waals surface area (Å²) >= 11 is 6.08. The molecule has 3 unspecified atom stereocenters. The average Bonchev–Trinajstić information content (AvgIpc) is 2.73. The zero-order valence-electron chi connectivity index (χ0n) is 18.9. The number of azide groups is 2. The maximum Gasteiger partial charge on any atom is 0.389 e. The van der Waals surface area contributed by atoms with Gasteiger partial charge in [0.25, 0.3) is 0 Å². The van der Waals surface area contributed by atoms with Gasteiger partial charge < -0.3 is 9.84 Å². The maximum absolute atomic E-state index is 12.1. The molecule has 3 atom stereocenters. The predicted molar refractivity (Wildman–Crippen MR) is 125 cm³/mol. The molecule has 0 amide bonds. The summed E-state index contributed by atoms with van der Waals surface area (Å²) in [6.45, 7) is 0.0289. The first kappa shape index (κ1) is 36.3. The Balaban J connectivity index is 0. The van der Waals surface area contributed by atoms with Crippen LogP contribution in [0.25, 0.3) is 20.9 Å². The number of alkyl halides is 8. The number of ether oxygens (including phenoxy) is 1. The highest BCUT2D eigenvalue weighted by atomic mass is 79.9. The number of hydrogen-bond acceptors (Lipinski definition) is 5. The Morgan fingerprint density at radius 3 is 1.72 bits per heavy atom. The first-order chi connectivity index (χ1) is 16.7. The lowest BCUT2D eigenvalue weighted by Gasteiger charge is -2.14. The Hall–Kier alpha value is -1.90. The summed E-state index contributed by atoms with van der Waals surface area (Å²) in [6.07, 6.45) is -10.1. The lowest BCUT2D eigenvalue weighted by Crippen LogP contribution is -2.19. The molecule has 0 spiro atoms. The molecular weight excluding hydrogens is 638 g/mol. The number of aliphatic carboxylic acids is 1. The Morgan fingerprint density at radius 2 is 1.36 bits per heavy atom. The Bertz CT molecular complexity index is 745. The summed E-state index contributed by atoms with van der Waals surface area (Å²) in [5.41, 5.74) is 16.3. The van der Waals surface area contributed by atoms with Gasteiger partial charge >= 0.3 is 24.3 Å². The molecule has 208 valence electrons. The van der Waals surface area contributed by atoms with Crippen LogP contribution in [0, 0.1) is 5.92 Å². The van der Waals surface area contributed by atoms with Gasteiger partial charge in [0.05, 0.1) is 31.8 Å². The van der Waals surface area contributed by atoms with Gasteiger partial charge in [-0.15, -0.1) is 0 Å². The Labute approximate surface area is 219 Å². The van der Waals surface area contributed by atoms with E-state index in [1.807, 2.05) is 0 Å². The van der Waals surface area contributed by atoms with Gasteiger partial charge in [0, 0.05) is 32.6 Å². The second kappa shape index (κ2) is 20.2. The van der Waals surface area contributed by atoms with E-state index in [0.29, 0.717) is 5.33 Å². The monoisotopic (exact) mass is 662 g/mol. The van der Waals surface area contributed by atoms with Crippen LogP contribution in [0.2, 0.25) is 0 Å². The molecule has 18 heteroatoms. The molecule has 0 radical (unpaired) electrons. The van der Waals surface area contributed by atoms with E-state index in [1.165, 1.54) is 0 Å². The molecule has 0 aliphatic rings. The third-order valence-electron chi connectivity index (χ3n) is 4.23. The van der Waals surface area contributed by atoms with Crippen LogP contribution in [0.15, 0.2) is 10.2 Å². The summed E-state index contributed by atoms with van der Waals surface area (Å²) in [5.74, 6) is -2.05. The van der Waals surface area contributed by atoms with Gasteiger partial charge in [0.1, 0.15) is 0 Å². The standard InChI is InChI=1S/2C9H13BrF3N3O2/c10-4-3-8(17)18-5-1-2-7(15-16-14)6-9(11,12)13;10-5-6(8(17)18)2-1-3-7(15-16-14)4-9(11,12)13/h7H,1-6H2;6-7H,1-5H2,(H,17,18). The van der Waals surface area contributed by atoms with Crippen molar-refractivity contribution in [2.24, 2.45) is 16.1 Å². The minimum atomic E-state index is -4.39. The maximum atomic E-state index is 12.1. The van der Waals surface area contributed by atoms with E-state index < -0.39 is 55.1 Å². The molecule has 0 aliphatic heterocycles. The highest BCUT2D eigenvalue weighted by Crippen LogP contribution is 2.27. The van der Waals surface area contributed by atoms with Gasteiger partial charge in [0.15, 0.2) is 0 Å². The van der Waals surface area contributed by atoms with Gasteiger partial charge in [0.2, 0.25) is 0 Å². The van der Waals surface area contributed by atoms with Crippen LogP contribution in [0.5, 0.6) is 0 Å². The predicted octanol–water partition coefficient (Wildman–Crippen LogP) is 7.61. The number of halogens is 8. The number of hydrogen-bond donors (Lipinski definition) is 1. The lowest BCUT2D eigenvalue weighted by molar-refractivity contribution is -0.144. The van der Waals surface area contributed by atoms with Crippen LogP contribution >= 0.6 is 31.9 Å². The van der Waals surface area contributed by atoms with Crippen LogP contribution in [0.3, 0.4) is 0 Å². The van der Waals surface area contributed by atoms with E-state index in [-0.39, 0.29) is 50.5 Å². The Morgan fingerprint density at radius 1 is 0.889 bits per heavy atom. The van der Waals surface area contributed by atoms with Crippen molar-refractivity contribution < 1.29 is 45.8 Å². The van der Waals surface area contributed by atoms with Gasteiger partial charge in [-0.2, -0.15) is 26.3 Å².